The second kappa shape index (κ2) is 18.9. The molecule has 2 aromatic carbocycles. The van der Waals surface area contributed by atoms with Gasteiger partial charge in [0.15, 0.2) is 0 Å². The molecule has 0 aliphatic carbocycles. The summed E-state index contributed by atoms with van der Waals surface area (Å²) in [5.74, 6) is -1.58. The van der Waals surface area contributed by atoms with E-state index in [0.29, 0.717) is 12.8 Å². The van der Waals surface area contributed by atoms with E-state index in [-0.39, 0.29) is 24.3 Å². The monoisotopic (exact) mass is 664 g/mol. The summed E-state index contributed by atoms with van der Waals surface area (Å²) in [5.41, 5.74) is 0.543. The molecule has 2 rings (SSSR count). The highest BCUT2D eigenvalue weighted by molar-refractivity contribution is 6.89. The molecule has 45 heavy (non-hydrogen) atoms. The van der Waals surface area contributed by atoms with Gasteiger partial charge in [-0.15, -0.1) is 0 Å². The molecular weight excluding hydrogens is 621 g/mol. The van der Waals surface area contributed by atoms with Gasteiger partial charge in [-0.3, -0.25) is 9.78 Å². The highest BCUT2D eigenvalue weighted by atomic mass is 28.3. The zero-order chi connectivity index (χ0) is 33.3. The van der Waals surface area contributed by atoms with Crippen molar-refractivity contribution in [3.8, 4) is 0 Å². The average molecular weight is 665 g/mol. The Balaban J connectivity index is 1.40. The Kier molecular flexibility index (Phi) is 15.8. The molecular formula is C31H44O12Si2. The predicted octanol–water partition coefficient (Wildman–Crippen LogP) is 6.52. The summed E-state index contributed by atoms with van der Waals surface area (Å²) in [7, 11) is -2.97. The van der Waals surface area contributed by atoms with Crippen LogP contribution in [-0.4, -0.2) is 53.6 Å². The summed E-state index contributed by atoms with van der Waals surface area (Å²) in [6.45, 7) is 13.4. The third-order valence-corrected chi connectivity index (χ3v) is 10.8. The fraction of sp³-hybridized carbons (Fsp3) is 0.484. The first-order valence-corrected chi connectivity index (χ1v) is 21.9. The first kappa shape index (κ1) is 37.5. The third-order valence-electron chi connectivity index (χ3n) is 6.63. The fourth-order valence-electron chi connectivity index (χ4n) is 3.91. The average Bonchev–Trinajstić information content (AvgIpc) is 2.99. The minimum atomic E-state index is -1.48. The van der Waals surface area contributed by atoms with E-state index in [2.05, 4.69) is 68.9 Å². The van der Waals surface area contributed by atoms with Crippen molar-refractivity contribution in [1.29, 1.82) is 0 Å². The number of ether oxygens (including phenoxy) is 2. The smallest absolute Gasteiger partial charge is 0.432 e. The minimum Gasteiger partial charge on any atom is -0.432 e. The lowest BCUT2D eigenvalue weighted by molar-refractivity contribution is -0.452. The molecule has 0 atom stereocenters. The van der Waals surface area contributed by atoms with Gasteiger partial charge < -0.3 is 9.47 Å². The Morgan fingerprint density at radius 2 is 0.778 bits per heavy atom. The van der Waals surface area contributed by atoms with Gasteiger partial charge in [0.2, 0.25) is 0 Å². The van der Waals surface area contributed by atoms with Crippen LogP contribution in [0.2, 0.25) is 39.3 Å². The van der Waals surface area contributed by atoms with Crippen LogP contribution < -0.4 is 10.4 Å². The van der Waals surface area contributed by atoms with Crippen molar-refractivity contribution >= 4 is 50.8 Å². The maximum Gasteiger partial charge on any atom is 0.543 e. The lowest BCUT2D eigenvalue weighted by Gasteiger charge is -2.16. The molecule has 2 aromatic rings. The first-order chi connectivity index (χ1) is 21.3. The number of rotatable bonds is 18. The van der Waals surface area contributed by atoms with Crippen molar-refractivity contribution in [1.82, 2.24) is 0 Å². The first-order valence-electron chi connectivity index (χ1n) is 14.9. The normalized spacial score (nSPS) is 11.3. The van der Waals surface area contributed by atoms with Crippen molar-refractivity contribution in [2.45, 2.75) is 84.2 Å². The van der Waals surface area contributed by atoms with E-state index in [1.54, 1.807) is 24.3 Å². The van der Waals surface area contributed by atoms with Gasteiger partial charge >= 0.3 is 24.2 Å². The van der Waals surface area contributed by atoms with Gasteiger partial charge in [0, 0.05) is 0 Å². The lowest BCUT2D eigenvalue weighted by atomic mass is 10.1. The molecule has 0 radical (unpaired) electrons. The van der Waals surface area contributed by atoms with E-state index < -0.39 is 40.4 Å². The maximum atomic E-state index is 12.0. The molecule has 0 aromatic heterocycles. The summed E-state index contributed by atoms with van der Waals surface area (Å²) in [6, 6.07) is 14.0. The van der Waals surface area contributed by atoms with Gasteiger partial charge in [-0.2, -0.15) is 0 Å². The molecule has 0 saturated heterocycles. The molecule has 0 amide bonds. The van der Waals surface area contributed by atoms with Gasteiger partial charge in [0.1, 0.15) is 0 Å². The Bertz CT molecular complexity index is 1120. The Morgan fingerprint density at radius 1 is 0.467 bits per heavy atom. The molecule has 14 heteroatoms. The van der Waals surface area contributed by atoms with E-state index in [4.69, 9.17) is 9.47 Å². The van der Waals surface area contributed by atoms with Gasteiger partial charge in [0.05, 0.1) is 50.6 Å². The van der Waals surface area contributed by atoms with E-state index in [0.717, 1.165) is 32.1 Å². The predicted molar refractivity (Wildman–Crippen MR) is 169 cm³/mol. The summed E-state index contributed by atoms with van der Waals surface area (Å²) in [6.07, 6.45) is 3.50. The van der Waals surface area contributed by atoms with Gasteiger partial charge in [0.25, 0.3) is 0 Å². The molecule has 0 aliphatic heterocycles. The van der Waals surface area contributed by atoms with Crippen molar-refractivity contribution < 1.29 is 58.3 Å². The maximum absolute atomic E-state index is 12.0. The van der Waals surface area contributed by atoms with E-state index >= 15 is 0 Å². The van der Waals surface area contributed by atoms with Crippen LogP contribution in [-0.2, 0) is 39.1 Å². The van der Waals surface area contributed by atoms with E-state index in [1.807, 2.05) is 24.3 Å². The Hall–Kier alpha value is -3.73. The minimum absolute atomic E-state index is 0.131. The quantitative estimate of drug-likeness (QED) is 0.0563. The highest BCUT2D eigenvalue weighted by Gasteiger charge is 2.19. The molecule has 0 fully saturated rings. The standard InChI is InChI=1S/C31H44O12Si2/c1-44(2,3)26-18-14-24(15-19-26)28(32)38-42-40-30(34)36-22-12-10-8-7-9-11-13-23-37-31(35)41-43-39-29(33)25-16-20-27(21-17-25)45(4,5)6/h14-21H,7-13,22-23H2,1-6H3. The Labute approximate surface area is 265 Å². The largest absolute Gasteiger partial charge is 0.543 e. The molecule has 0 spiro atoms. The van der Waals surface area contributed by atoms with Gasteiger partial charge in [-0.1, -0.05) is 106 Å². The van der Waals surface area contributed by atoms with Crippen molar-refractivity contribution in [2.75, 3.05) is 13.2 Å². The van der Waals surface area contributed by atoms with Crippen LogP contribution in [0.5, 0.6) is 0 Å². The number of hydrogen-bond donors (Lipinski definition) is 0. The van der Waals surface area contributed by atoms with Crippen LogP contribution >= 0.6 is 0 Å². The van der Waals surface area contributed by atoms with Crippen LogP contribution in [0.15, 0.2) is 48.5 Å². The van der Waals surface area contributed by atoms with Crippen molar-refractivity contribution in [3.63, 3.8) is 0 Å². The number of carbonyl (C=O) groups excluding carboxylic acids is 4. The van der Waals surface area contributed by atoms with Crippen LogP contribution in [0.3, 0.4) is 0 Å². The number of unbranched alkanes of at least 4 members (excludes halogenated alkanes) is 6. The summed E-state index contributed by atoms with van der Waals surface area (Å²) < 4.78 is 9.75. The number of hydrogen-bond acceptors (Lipinski definition) is 12. The van der Waals surface area contributed by atoms with E-state index in [9.17, 15) is 19.2 Å². The SMILES string of the molecule is C[Si](C)(C)c1ccc(C(=O)OOOC(=O)OCCCCCCCCCOC(=O)OOOC(=O)c2ccc([Si](C)(C)C)cc2)cc1. The zero-order valence-corrected chi connectivity index (χ0v) is 28.9. The summed E-state index contributed by atoms with van der Waals surface area (Å²) in [5, 5.41) is 10.9. The summed E-state index contributed by atoms with van der Waals surface area (Å²) >= 11 is 0. The van der Waals surface area contributed by atoms with E-state index in [1.165, 1.54) is 10.4 Å². The molecule has 0 saturated carbocycles. The molecule has 12 nitrogen and oxygen atoms in total. The molecule has 0 bridgehead atoms. The zero-order valence-electron chi connectivity index (χ0n) is 26.9. The second-order valence-corrected chi connectivity index (χ2v) is 22.5. The molecule has 0 aliphatic rings. The Morgan fingerprint density at radius 3 is 1.09 bits per heavy atom. The van der Waals surface area contributed by atoms with Crippen LogP contribution in [0, 0.1) is 0 Å². The molecule has 248 valence electrons. The molecule has 0 unspecified atom stereocenters. The van der Waals surface area contributed by atoms with Crippen molar-refractivity contribution in [2.24, 2.45) is 0 Å². The lowest BCUT2D eigenvalue weighted by Crippen LogP contribution is -2.37. The van der Waals surface area contributed by atoms with Crippen molar-refractivity contribution in [3.05, 3.63) is 59.7 Å². The van der Waals surface area contributed by atoms with Crippen LogP contribution in [0.4, 0.5) is 9.59 Å². The number of carbonyl (C=O) groups is 4. The second-order valence-electron chi connectivity index (χ2n) is 12.4. The highest BCUT2D eigenvalue weighted by Crippen LogP contribution is 2.10. The third kappa shape index (κ3) is 15.2. The fourth-order valence-corrected chi connectivity index (χ4v) is 6.24. The topological polar surface area (TPSA) is 142 Å². The van der Waals surface area contributed by atoms with Crippen LogP contribution in [0.1, 0.15) is 65.7 Å². The van der Waals surface area contributed by atoms with Crippen LogP contribution in [0.25, 0.3) is 0 Å². The summed E-state index contributed by atoms with van der Waals surface area (Å²) in [4.78, 5) is 64.6. The van der Waals surface area contributed by atoms with Gasteiger partial charge in [-0.05, 0) is 37.1 Å². The van der Waals surface area contributed by atoms with Gasteiger partial charge in [-0.25, -0.2) is 29.0 Å². The number of benzene rings is 2. The molecule has 0 N–H and O–H groups in total. The molecule has 0 heterocycles.